The second-order valence-corrected chi connectivity index (χ2v) is 9.61. The van der Waals surface area contributed by atoms with E-state index in [2.05, 4.69) is 0 Å². The van der Waals surface area contributed by atoms with Gasteiger partial charge in [-0.25, -0.2) is 4.79 Å². The van der Waals surface area contributed by atoms with Gasteiger partial charge in [-0.3, -0.25) is 4.79 Å². The first-order valence-corrected chi connectivity index (χ1v) is 12.0. The monoisotopic (exact) mass is 439 g/mol. The molecule has 0 radical (unpaired) electrons. The summed E-state index contributed by atoms with van der Waals surface area (Å²) in [5.74, 6) is 0.146. The smallest absolute Gasteiger partial charge is 0.375 e. The highest BCUT2D eigenvalue weighted by molar-refractivity contribution is 7.99. The predicted octanol–water partition coefficient (Wildman–Crippen LogP) is 5.99. The van der Waals surface area contributed by atoms with Crippen molar-refractivity contribution in [3.05, 3.63) is 58.6 Å². The fourth-order valence-electron chi connectivity index (χ4n) is 4.25. The van der Waals surface area contributed by atoms with Crippen molar-refractivity contribution >= 4 is 34.5 Å². The molecule has 0 amide bonds. The van der Waals surface area contributed by atoms with Gasteiger partial charge in [0.1, 0.15) is 5.58 Å². The fourth-order valence-corrected chi connectivity index (χ4v) is 5.61. The zero-order valence-electron chi connectivity index (χ0n) is 18.4. The second kappa shape index (κ2) is 9.35. The summed E-state index contributed by atoms with van der Waals surface area (Å²) in [5, 5.41) is 1.57. The number of aryl methyl sites for hydroxylation is 1. The first-order valence-electron chi connectivity index (χ1n) is 10.9. The van der Waals surface area contributed by atoms with E-state index in [0.717, 1.165) is 22.3 Å². The molecule has 0 unspecified atom stereocenters. The van der Waals surface area contributed by atoms with Gasteiger partial charge in [-0.05, 0) is 38.8 Å². The van der Waals surface area contributed by atoms with Crippen molar-refractivity contribution in [3.63, 3.8) is 0 Å². The molecule has 0 N–H and O–H groups in total. The molecule has 1 saturated carbocycles. The van der Waals surface area contributed by atoms with Crippen molar-refractivity contribution < 1.29 is 18.7 Å². The average molecular weight is 440 g/mol. The van der Waals surface area contributed by atoms with Crippen LogP contribution in [-0.4, -0.2) is 28.2 Å². The van der Waals surface area contributed by atoms with Crippen LogP contribution in [0.3, 0.4) is 0 Å². The van der Waals surface area contributed by atoms with E-state index in [1.807, 2.05) is 67.6 Å². The fraction of sp³-hybridized carbons (Fsp3) is 0.440. The largest absolute Gasteiger partial charge is 0.451 e. The molecule has 6 heteroatoms. The van der Waals surface area contributed by atoms with Crippen molar-refractivity contribution in [1.29, 1.82) is 0 Å². The third kappa shape index (κ3) is 4.59. The van der Waals surface area contributed by atoms with Crippen molar-refractivity contribution in [1.82, 2.24) is 4.57 Å². The quantitative estimate of drug-likeness (QED) is 0.334. The van der Waals surface area contributed by atoms with Crippen LogP contribution in [0.25, 0.3) is 11.0 Å². The molecule has 0 spiro atoms. The minimum absolute atomic E-state index is 0.205. The van der Waals surface area contributed by atoms with Crippen LogP contribution >= 0.6 is 11.8 Å². The van der Waals surface area contributed by atoms with Gasteiger partial charge in [0.05, 0.1) is 0 Å². The predicted molar refractivity (Wildman–Crippen MR) is 124 cm³/mol. The third-order valence-corrected chi connectivity index (χ3v) is 7.71. The van der Waals surface area contributed by atoms with Crippen LogP contribution in [0.4, 0.5) is 0 Å². The second-order valence-electron chi connectivity index (χ2n) is 8.32. The third-order valence-electron chi connectivity index (χ3n) is 6.31. The van der Waals surface area contributed by atoms with E-state index in [9.17, 15) is 9.59 Å². The summed E-state index contributed by atoms with van der Waals surface area (Å²) in [6.45, 7) is 3.54. The van der Waals surface area contributed by atoms with Gasteiger partial charge in [0.2, 0.25) is 11.5 Å². The zero-order valence-corrected chi connectivity index (χ0v) is 19.2. The van der Waals surface area contributed by atoms with Crippen LogP contribution < -0.4 is 0 Å². The number of nitrogens with zero attached hydrogens (tertiary/aromatic N) is 1. The van der Waals surface area contributed by atoms with E-state index in [4.69, 9.17) is 9.15 Å². The highest BCUT2D eigenvalue weighted by Gasteiger charge is 2.25. The lowest BCUT2D eigenvalue weighted by molar-refractivity contribution is 0.0445. The number of para-hydroxylation sites is 1. The first kappa shape index (κ1) is 21.8. The number of thioether (sulfide) groups is 1. The number of esters is 1. The van der Waals surface area contributed by atoms with Crippen molar-refractivity contribution in [2.24, 2.45) is 7.05 Å². The number of aromatic nitrogens is 1. The molecule has 0 bridgehead atoms. The van der Waals surface area contributed by atoms with Gasteiger partial charge in [0, 0.05) is 46.0 Å². The highest BCUT2D eigenvalue weighted by atomic mass is 32.2. The summed E-state index contributed by atoms with van der Waals surface area (Å²) < 4.78 is 13.2. The molecule has 2 aromatic heterocycles. The summed E-state index contributed by atoms with van der Waals surface area (Å²) in [6.07, 6.45) is 6.32. The van der Waals surface area contributed by atoms with E-state index >= 15 is 0 Å². The van der Waals surface area contributed by atoms with Gasteiger partial charge in [-0.2, -0.15) is 11.8 Å². The number of Topliss-reactive ketones (excluding diaryl/α,β-unsaturated/α-hetero) is 1. The molecule has 3 aromatic rings. The minimum atomic E-state index is -0.575. The Morgan fingerprint density at radius 3 is 2.61 bits per heavy atom. The molecule has 1 aliphatic rings. The Kier molecular flexibility index (Phi) is 6.56. The molecule has 1 aliphatic carbocycles. The standard InChI is InChI=1S/C25H29NO4S/c1-16-13-20(17(2)26(16)3)22(27)14-29-25(28)24-21(15-31-18-9-5-4-6-10-18)19-11-7-8-12-23(19)30-24/h7-8,11-13,18H,4-6,9-10,14-15H2,1-3H3. The van der Waals surface area contributed by atoms with Crippen LogP contribution in [0.15, 0.2) is 34.7 Å². The Morgan fingerprint density at radius 1 is 1.16 bits per heavy atom. The van der Waals surface area contributed by atoms with Gasteiger partial charge in [0.25, 0.3) is 0 Å². The molecule has 31 heavy (non-hydrogen) atoms. The molecular weight excluding hydrogens is 410 g/mol. The molecule has 0 aliphatic heterocycles. The average Bonchev–Trinajstić information content (AvgIpc) is 3.29. The normalized spacial score (nSPS) is 14.8. The van der Waals surface area contributed by atoms with Crippen LogP contribution in [-0.2, 0) is 17.5 Å². The Hall–Kier alpha value is -2.47. The van der Waals surface area contributed by atoms with Crippen LogP contribution in [0.2, 0.25) is 0 Å². The number of benzene rings is 1. The summed E-state index contributed by atoms with van der Waals surface area (Å²) >= 11 is 1.89. The number of rotatable bonds is 7. The Morgan fingerprint density at radius 2 is 1.90 bits per heavy atom. The number of ketones is 1. The maximum Gasteiger partial charge on any atom is 0.375 e. The van der Waals surface area contributed by atoms with Gasteiger partial charge < -0.3 is 13.7 Å². The number of ether oxygens (including phenoxy) is 1. The molecule has 0 atom stereocenters. The molecular formula is C25H29NO4S. The van der Waals surface area contributed by atoms with Crippen LogP contribution in [0.5, 0.6) is 0 Å². The summed E-state index contributed by atoms with van der Waals surface area (Å²) in [4.78, 5) is 25.5. The first-order chi connectivity index (χ1) is 15.0. The van der Waals surface area contributed by atoms with Crippen LogP contribution in [0, 0.1) is 13.8 Å². The van der Waals surface area contributed by atoms with Crippen molar-refractivity contribution in [2.45, 2.75) is 57.0 Å². The zero-order chi connectivity index (χ0) is 22.0. The topological polar surface area (TPSA) is 61.4 Å². The lowest BCUT2D eigenvalue weighted by Gasteiger charge is -2.20. The van der Waals surface area contributed by atoms with Gasteiger partial charge in [-0.15, -0.1) is 0 Å². The number of carbonyl (C=O) groups excluding carboxylic acids is 2. The summed E-state index contributed by atoms with van der Waals surface area (Å²) in [7, 11) is 1.91. The maximum absolute atomic E-state index is 12.9. The van der Waals surface area contributed by atoms with E-state index in [1.54, 1.807) is 0 Å². The Balaban J connectivity index is 1.50. The number of fused-ring (bicyclic) bond motifs is 1. The summed E-state index contributed by atoms with van der Waals surface area (Å²) in [5.41, 5.74) is 3.99. The minimum Gasteiger partial charge on any atom is -0.451 e. The van der Waals surface area contributed by atoms with E-state index < -0.39 is 5.97 Å². The van der Waals surface area contributed by atoms with E-state index in [-0.39, 0.29) is 18.2 Å². The number of hydrogen-bond donors (Lipinski definition) is 0. The molecule has 2 heterocycles. The van der Waals surface area contributed by atoms with Crippen molar-refractivity contribution in [2.75, 3.05) is 6.61 Å². The number of hydrogen-bond acceptors (Lipinski definition) is 5. The molecule has 5 nitrogen and oxygen atoms in total. The lowest BCUT2D eigenvalue weighted by atomic mass is 10.0. The Bertz CT molecular complexity index is 1100. The molecule has 1 aromatic carbocycles. The Labute approximate surface area is 187 Å². The van der Waals surface area contributed by atoms with Gasteiger partial charge in [0.15, 0.2) is 6.61 Å². The summed E-state index contributed by atoms with van der Waals surface area (Å²) in [6, 6.07) is 9.52. The van der Waals surface area contributed by atoms with E-state index in [0.29, 0.717) is 22.1 Å². The highest BCUT2D eigenvalue weighted by Crippen LogP contribution is 2.35. The maximum atomic E-state index is 12.9. The molecule has 4 rings (SSSR count). The molecule has 1 fully saturated rings. The van der Waals surface area contributed by atoms with Gasteiger partial charge in [-0.1, -0.05) is 37.5 Å². The SMILES string of the molecule is Cc1cc(C(=O)COC(=O)c2oc3ccccc3c2CSC2CCCCC2)c(C)n1C. The lowest BCUT2D eigenvalue weighted by Crippen LogP contribution is -2.15. The molecule has 0 saturated heterocycles. The number of furan rings is 1. The van der Waals surface area contributed by atoms with E-state index in [1.165, 1.54) is 32.1 Å². The molecule has 164 valence electrons. The van der Waals surface area contributed by atoms with Gasteiger partial charge >= 0.3 is 5.97 Å². The number of carbonyl (C=O) groups is 2. The van der Waals surface area contributed by atoms with Crippen molar-refractivity contribution in [3.8, 4) is 0 Å². The van der Waals surface area contributed by atoms with Crippen LogP contribution in [0.1, 0.15) is 70.0 Å².